The highest BCUT2D eigenvalue weighted by atomic mass is 16.5. The fraction of sp³-hybridized carbons (Fsp3) is 0.333. The molecule has 0 bridgehead atoms. The van der Waals surface area contributed by atoms with Gasteiger partial charge in [-0.05, 0) is 48.4 Å². The molecule has 1 atom stereocenters. The number of nitrogens with zero attached hydrogens (tertiary/aromatic N) is 1. The maximum absolute atomic E-state index is 13.0. The molecule has 1 amide bonds. The first-order valence-corrected chi connectivity index (χ1v) is 10.0. The van der Waals surface area contributed by atoms with Gasteiger partial charge in [0.05, 0.1) is 39.6 Å². The second-order valence-corrected chi connectivity index (χ2v) is 7.28. The molecule has 1 aliphatic heterocycles. The smallest absolute Gasteiger partial charge is 0.295 e. The van der Waals surface area contributed by atoms with Gasteiger partial charge < -0.3 is 29.0 Å². The number of aliphatic hydroxyl groups excluding tert-OH is 1. The Balaban J connectivity index is 2.20. The number of Topliss-reactive ketones (excluding diaryl/α,β-unsaturated/α-hetero) is 1. The third kappa shape index (κ3) is 4.13. The highest BCUT2D eigenvalue weighted by Crippen LogP contribution is 2.42. The van der Waals surface area contributed by atoms with E-state index in [2.05, 4.69) is 0 Å². The first kappa shape index (κ1) is 23.1. The highest BCUT2D eigenvalue weighted by molar-refractivity contribution is 6.46. The van der Waals surface area contributed by atoms with E-state index >= 15 is 0 Å². The highest BCUT2D eigenvalue weighted by Gasteiger charge is 2.46. The van der Waals surface area contributed by atoms with Crippen molar-refractivity contribution in [3.8, 4) is 17.2 Å². The zero-order valence-corrected chi connectivity index (χ0v) is 18.8. The van der Waals surface area contributed by atoms with Gasteiger partial charge in [0.25, 0.3) is 11.7 Å². The molecule has 1 heterocycles. The van der Waals surface area contributed by atoms with Crippen LogP contribution in [-0.2, 0) is 14.3 Å². The summed E-state index contributed by atoms with van der Waals surface area (Å²) >= 11 is 0. The lowest BCUT2D eigenvalue weighted by Gasteiger charge is -2.25. The third-order valence-electron chi connectivity index (χ3n) is 5.47. The van der Waals surface area contributed by atoms with Crippen molar-refractivity contribution in [1.29, 1.82) is 0 Å². The lowest BCUT2D eigenvalue weighted by molar-refractivity contribution is -0.140. The number of carbonyl (C=O) groups is 2. The molecule has 170 valence electrons. The quantitative estimate of drug-likeness (QED) is 0.382. The lowest BCUT2D eigenvalue weighted by Crippen LogP contribution is -2.32. The molecule has 0 aliphatic carbocycles. The van der Waals surface area contributed by atoms with Crippen LogP contribution in [0.1, 0.15) is 22.7 Å². The Kier molecular flexibility index (Phi) is 7.05. The summed E-state index contributed by atoms with van der Waals surface area (Å²) in [6.45, 7) is 2.25. The van der Waals surface area contributed by atoms with Gasteiger partial charge in [-0.1, -0.05) is 6.07 Å². The Hall–Kier alpha value is -3.52. The van der Waals surface area contributed by atoms with Gasteiger partial charge in [0.2, 0.25) is 0 Å². The van der Waals surface area contributed by atoms with E-state index in [-0.39, 0.29) is 24.5 Å². The van der Waals surface area contributed by atoms with Gasteiger partial charge in [-0.2, -0.15) is 0 Å². The molecule has 0 aromatic heterocycles. The fourth-order valence-electron chi connectivity index (χ4n) is 3.85. The van der Waals surface area contributed by atoms with Crippen molar-refractivity contribution in [2.24, 2.45) is 0 Å². The van der Waals surface area contributed by atoms with E-state index < -0.39 is 17.7 Å². The zero-order valence-electron chi connectivity index (χ0n) is 18.8. The molecule has 1 saturated heterocycles. The van der Waals surface area contributed by atoms with Gasteiger partial charge in [-0.3, -0.25) is 9.59 Å². The molecule has 2 aromatic rings. The maximum atomic E-state index is 13.0. The molecular weight excluding hydrogens is 414 g/mol. The first-order chi connectivity index (χ1) is 15.4. The predicted molar refractivity (Wildman–Crippen MR) is 118 cm³/mol. The number of carbonyl (C=O) groups excluding carboxylic acids is 2. The van der Waals surface area contributed by atoms with Gasteiger partial charge in [0, 0.05) is 19.2 Å². The van der Waals surface area contributed by atoms with E-state index in [1.807, 2.05) is 6.92 Å². The Morgan fingerprint density at radius 1 is 0.938 bits per heavy atom. The fourth-order valence-corrected chi connectivity index (χ4v) is 3.85. The van der Waals surface area contributed by atoms with Crippen molar-refractivity contribution in [1.82, 2.24) is 4.90 Å². The summed E-state index contributed by atoms with van der Waals surface area (Å²) in [5, 5.41) is 11.2. The molecular formula is C24H27NO7. The van der Waals surface area contributed by atoms with Crippen LogP contribution in [0.2, 0.25) is 0 Å². The summed E-state index contributed by atoms with van der Waals surface area (Å²) in [6, 6.07) is 9.38. The van der Waals surface area contributed by atoms with Crippen LogP contribution in [0.3, 0.4) is 0 Å². The van der Waals surface area contributed by atoms with Gasteiger partial charge in [0.1, 0.15) is 11.5 Å². The molecule has 0 radical (unpaired) electrons. The summed E-state index contributed by atoms with van der Waals surface area (Å²) < 4.78 is 21.1. The average molecular weight is 441 g/mol. The minimum absolute atomic E-state index is 0.00268. The van der Waals surface area contributed by atoms with Gasteiger partial charge in [-0.25, -0.2) is 0 Å². The van der Waals surface area contributed by atoms with E-state index in [0.717, 1.165) is 5.56 Å². The molecule has 2 aromatic carbocycles. The number of ketones is 1. The summed E-state index contributed by atoms with van der Waals surface area (Å²) in [4.78, 5) is 27.3. The minimum Gasteiger partial charge on any atom is -0.507 e. The van der Waals surface area contributed by atoms with Gasteiger partial charge >= 0.3 is 0 Å². The van der Waals surface area contributed by atoms with Crippen LogP contribution in [-0.4, -0.2) is 63.3 Å². The van der Waals surface area contributed by atoms with E-state index in [1.165, 1.54) is 26.2 Å². The molecule has 1 aliphatic rings. The van der Waals surface area contributed by atoms with Crippen molar-refractivity contribution in [3.63, 3.8) is 0 Å². The molecule has 0 saturated carbocycles. The number of hydrogen-bond acceptors (Lipinski definition) is 7. The maximum Gasteiger partial charge on any atom is 0.295 e. The molecule has 3 rings (SSSR count). The van der Waals surface area contributed by atoms with E-state index in [9.17, 15) is 14.7 Å². The van der Waals surface area contributed by atoms with Crippen LogP contribution in [0.5, 0.6) is 17.2 Å². The largest absolute Gasteiger partial charge is 0.507 e. The van der Waals surface area contributed by atoms with Crippen LogP contribution >= 0.6 is 0 Å². The SMILES string of the molecule is COCCN1C(=O)C(=O)/C(=C(/O)c2ccc(OC)c(C)c2)[C@@H]1c1ccc(OC)c(OC)c1. The van der Waals surface area contributed by atoms with Crippen LogP contribution in [0.25, 0.3) is 5.76 Å². The number of aliphatic hydroxyl groups is 1. The van der Waals surface area contributed by atoms with Crippen LogP contribution < -0.4 is 14.2 Å². The molecule has 0 unspecified atom stereocenters. The topological polar surface area (TPSA) is 94.5 Å². The van der Waals surface area contributed by atoms with Crippen molar-refractivity contribution in [3.05, 3.63) is 58.7 Å². The molecule has 0 spiro atoms. The Morgan fingerprint density at radius 2 is 1.59 bits per heavy atom. The number of hydrogen-bond donors (Lipinski definition) is 1. The molecule has 1 fully saturated rings. The number of rotatable bonds is 8. The third-order valence-corrected chi connectivity index (χ3v) is 5.47. The standard InChI is InChI=1S/C24H27NO7/c1-14-12-16(7-8-17(14)30-3)22(26)20-21(25(10-11-29-2)24(28)23(20)27)15-6-9-18(31-4)19(13-15)32-5/h6-9,12-13,21,26H,10-11H2,1-5H3/b22-20+/t21-/m0/s1. The van der Waals surface area contributed by atoms with E-state index in [4.69, 9.17) is 18.9 Å². The van der Waals surface area contributed by atoms with E-state index in [0.29, 0.717) is 28.4 Å². The molecule has 8 nitrogen and oxygen atoms in total. The van der Waals surface area contributed by atoms with Crippen molar-refractivity contribution < 1.29 is 33.6 Å². The van der Waals surface area contributed by atoms with Crippen molar-refractivity contribution >= 4 is 17.4 Å². The van der Waals surface area contributed by atoms with Gasteiger partial charge in [-0.15, -0.1) is 0 Å². The number of likely N-dealkylation sites (tertiary alicyclic amines) is 1. The molecule has 32 heavy (non-hydrogen) atoms. The molecule has 1 N–H and O–H groups in total. The summed E-state index contributed by atoms with van der Waals surface area (Å²) in [5.41, 5.74) is 1.80. The number of aryl methyl sites for hydroxylation is 1. The minimum atomic E-state index is -0.813. The average Bonchev–Trinajstić information content (AvgIpc) is 3.06. The van der Waals surface area contributed by atoms with Crippen LogP contribution in [0.15, 0.2) is 42.0 Å². The Bertz CT molecular complexity index is 1060. The van der Waals surface area contributed by atoms with Crippen LogP contribution in [0, 0.1) is 6.92 Å². The van der Waals surface area contributed by atoms with Crippen LogP contribution in [0.4, 0.5) is 0 Å². The second-order valence-electron chi connectivity index (χ2n) is 7.28. The lowest BCUT2D eigenvalue weighted by atomic mass is 9.94. The van der Waals surface area contributed by atoms with E-state index in [1.54, 1.807) is 43.5 Å². The monoisotopic (exact) mass is 441 g/mol. The number of benzene rings is 2. The second kappa shape index (κ2) is 9.74. The number of ether oxygens (including phenoxy) is 4. The summed E-state index contributed by atoms with van der Waals surface area (Å²) in [5.74, 6) is -0.105. The van der Waals surface area contributed by atoms with Crippen molar-refractivity contribution in [2.75, 3.05) is 41.6 Å². The predicted octanol–water partition coefficient (Wildman–Crippen LogP) is 3.09. The van der Waals surface area contributed by atoms with Gasteiger partial charge in [0.15, 0.2) is 11.5 Å². The zero-order chi connectivity index (χ0) is 23.4. The first-order valence-electron chi connectivity index (χ1n) is 10.0. The summed E-state index contributed by atoms with van der Waals surface area (Å²) in [7, 11) is 6.10. The van der Waals surface area contributed by atoms with Crippen molar-refractivity contribution in [2.45, 2.75) is 13.0 Å². The Morgan fingerprint density at radius 3 is 2.19 bits per heavy atom. The Labute approximate surface area is 187 Å². The molecule has 8 heteroatoms. The summed E-state index contributed by atoms with van der Waals surface area (Å²) in [6.07, 6.45) is 0. The number of amides is 1. The number of methoxy groups -OCH3 is 4. The normalized spacial score (nSPS) is 17.5.